The second kappa shape index (κ2) is 9.45. The zero-order valence-corrected chi connectivity index (χ0v) is 13.4. The van der Waals surface area contributed by atoms with Crippen molar-refractivity contribution in [3.8, 4) is 0 Å². The van der Waals surface area contributed by atoms with Gasteiger partial charge in [-0.25, -0.2) is 4.79 Å². The van der Waals surface area contributed by atoms with Crippen molar-refractivity contribution in [1.29, 1.82) is 0 Å². The van der Waals surface area contributed by atoms with Gasteiger partial charge in [-0.1, -0.05) is 30.3 Å². The standard InChI is InChI=1S/C16H23N3O4/c1-19(2)15(22)13(11-12-7-4-3-5-8-12)18-16(23)17-10-6-9-14(20)21/h3-5,7-8,13H,6,9-11H2,1-2H3,(H,20,21)(H2,17,18,23). The van der Waals surface area contributed by atoms with E-state index in [9.17, 15) is 14.4 Å². The van der Waals surface area contributed by atoms with Crippen molar-refractivity contribution in [2.24, 2.45) is 0 Å². The number of carbonyl (C=O) groups is 3. The Bertz CT molecular complexity index is 531. The predicted octanol–water partition coefficient (Wildman–Crippen LogP) is 0.850. The molecule has 0 saturated heterocycles. The Morgan fingerprint density at radius 1 is 1.17 bits per heavy atom. The normalized spacial score (nSPS) is 11.4. The largest absolute Gasteiger partial charge is 0.481 e. The first-order valence-electron chi connectivity index (χ1n) is 7.41. The zero-order chi connectivity index (χ0) is 17.2. The Labute approximate surface area is 135 Å². The first-order valence-corrected chi connectivity index (χ1v) is 7.41. The molecule has 0 spiro atoms. The topological polar surface area (TPSA) is 98.7 Å². The second-order valence-corrected chi connectivity index (χ2v) is 5.37. The van der Waals surface area contributed by atoms with E-state index < -0.39 is 18.0 Å². The van der Waals surface area contributed by atoms with Gasteiger partial charge in [0, 0.05) is 33.5 Å². The van der Waals surface area contributed by atoms with Gasteiger partial charge in [-0.05, 0) is 12.0 Å². The monoisotopic (exact) mass is 321 g/mol. The highest BCUT2D eigenvalue weighted by Gasteiger charge is 2.22. The maximum Gasteiger partial charge on any atom is 0.315 e. The summed E-state index contributed by atoms with van der Waals surface area (Å²) in [6.07, 6.45) is 0.721. The zero-order valence-electron chi connectivity index (χ0n) is 13.4. The molecule has 0 bridgehead atoms. The number of amides is 3. The Hall–Kier alpha value is -2.57. The number of likely N-dealkylation sites (N-methyl/N-ethyl adjacent to an activating group) is 1. The van der Waals surface area contributed by atoms with Crippen LogP contribution in [0.2, 0.25) is 0 Å². The molecular formula is C16H23N3O4. The fourth-order valence-electron chi connectivity index (χ4n) is 2.01. The number of aliphatic carboxylic acids is 1. The van der Waals surface area contributed by atoms with Crippen LogP contribution in [0.4, 0.5) is 4.79 Å². The molecule has 0 aromatic heterocycles. The smallest absolute Gasteiger partial charge is 0.315 e. The summed E-state index contributed by atoms with van der Waals surface area (Å²) in [7, 11) is 3.26. The summed E-state index contributed by atoms with van der Waals surface area (Å²) in [4.78, 5) is 35.9. The summed E-state index contributed by atoms with van der Waals surface area (Å²) < 4.78 is 0. The molecule has 0 fully saturated rings. The third kappa shape index (κ3) is 7.30. The van der Waals surface area contributed by atoms with Crippen LogP contribution in [0.5, 0.6) is 0 Å². The van der Waals surface area contributed by atoms with E-state index in [-0.39, 0.29) is 18.9 Å². The van der Waals surface area contributed by atoms with Crippen LogP contribution in [-0.4, -0.2) is 54.6 Å². The van der Waals surface area contributed by atoms with Crippen LogP contribution in [0, 0.1) is 0 Å². The van der Waals surface area contributed by atoms with Gasteiger partial charge in [0.05, 0.1) is 0 Å². The van der Waals surface area contributed by atoms with Gasteiger partial charge in [0.25, 0.3) is 0 Å². The molecule has 1 aromatic carbocycles. The molecule has 3 amide bonds. The highest BCUT2D eigenvalue weighted by atomic mass is 16.4. The lowest BCUT2D eigenvalue weighted by Crippen LogP contribution is -2.50. The molecule has 1 aromatic rings. The number of rotatable bonds is 8. The molecule has 0 aliphatic heterocycles. The van der Waals surface area contributed by atoms with Crippen LogP contribution < -0.4 is 10.6 Å². The molecule has 7 nitrogen and oxygen atoms in total. The van der Waals surface area contributed by atoms with Crippen molar-refractivity contribution in [1.82, 2.24) is 15.5 Å². The third-order valence-corrected chi connectivity index (χ3v) is 3.18. The van der Waals surface area contributed by atoms with E-state index in [0.29, 0.717) is 12.8 Å². The summed E-state index contributed by atoms with van der Waals surface area (Å²) in [5.41, 5.74) is 0.943. The van der Waals surface area contributed by atoms with Crippen LogP contribution in [0.15, 0.2) is 30.3 Å². The van der Waals surface area contributed by atoms with Crippen LogP contribution in [-0.2, 0) is 16.0 Å². The molecule has 0 heterocycles. The molecule has 1 unspecified atom stereocenters. The summed E-state index contributed by atoms with van der Waals surface area (Å²) >= 11 is 0. The number of hydrogen-bond acceptors (Lipinski definition) is 3. The molecule has 0 saturated carbocycles. The molecule has 0 radical (unpaired) electrons. The molecule has 1 rings (SSSR count). The Balaban J connectivity index is 2.57. The lowest BCUT2D eigenvalue weighted by molar-refractivity contribution is -0.137. The Morgan fingerprint density at radius 3 is 2.39 bits per heavy atom. The average molecular weight is 321 g/mol. The van der Waals surface area contributed by atoms with E-state index in [1.807, 2.05) is 30.3 Å². The van der Waals surface area contributed by atoms with E-state index in [0.717, 1.165) is 5.56 Å². The number of urea groups is 1. The minimum absolute atomic E-state index is 0.00957. The van der Waals surface area contributed by atoms with Crippen molar-refractivity contribution < 1.29 is 19.5 Å². The van der Waals surface area contributed by atoms with Crippen LogP contribution in [0.3, 0.4) is 0 Å². The number of hydrogen-bond donors (Lipinski definition) is 3. The first kappa shape index (κ1) is 18.5. The van der Waals surface area contributed by atoms with E-state index in [1.165, 1.54) is 4.90 Å². The summed E-state index contributed by atoms with van der Waals surface area (Å²) in [6.45, 7) is 0.242. The van der Waals surface area contributed by atoms with Gasteiger partial charge in [0.1, 0.15) is 6.04 Å². The minimum atomic E-state index is -0.906. The van der Waals surface area contributed by atoms with Gasteiger partial charge in [0.2, 0.25) is 5.91 Å². The molecule has 0 aliphatic carbocycles. The third-order valence-electron chi connectivity index (χ3n) is 3.18. The van der Waals surface area contributed by atoms with Gasteiger partial charge in [-0.15, -0.1) is 0 Å². The van der Waals surface area contributed by atoms with E-state index in [1.54, 1.807) is 14.1 Å². The molecule has 0 aliphatic rings. The van der Waals surface area contributed by atoms with Gasteiger partial charge in [0.15, 0.2) is 0 Å². The van der Waals surface area contributed by atoms with Crippen molar-refractivity contribution in [3.63, 3.8) is 0 Å². The van der Waals surface area contributed by atoms with Gasteiger partial charge < -0.3 is 20.6 Å². The number of nitrogens with zero attached hydrogens (tertiary/aromatic N) is 1. The number of carboxylic acid groups (broad SMARTS) is 1. The SMILES string of the molecule is CN(C)C(=O)C(Cc1ccccc1)NC(=O)NCCCC(=O)O. The fourth-order valence-corrected chi connectivity index (χ4v) is 2.01. The number of carboxylic acids is 1. The molecule has 1 atom stereocenters. The van der Waals surface area contributed by atoms with E-state index in [2.05, 4.69) is 10.6 Å². The first-order chi connectivity index (χ1) is 10.9. The number of carbonyl (C=O) groups excluding carboxylic acids is 2. The molecule has 3 N–H and O–H groups in total. The van der Waals surface area contributed by atoms with Crippen molar-refractivity contribution in [3.05, 3.63) is 35.9 Å². The molecule has 23 heavy (non-hydrogen) atoms. The maximum absolute atomic E-state index is 12.2. The van der Waals surface area contributed by atoms with E-state index >= 15 is 0 Å². The lowest BCUT2D eigenvalue weighted by atomic mass is 10.1. The number of benzene rings is 1. The Morgan fingerprint density at radius 2 is 1.83 bits per heavy atom. The molecule has 126 valence electrons. The van der Waals surface area contributed by atoms with Crippen molar-refractivity contribution in [2.75, 3.05) is 20.6 Å². The highest BCUT2D eigenvalue weighted by molar-refractivity contribution is 5.87. The van der Waals surface area contributed by atoms with E-state index in [4.69, 9.17) is 5.11 Å². The molecule has 7 heteroatoms. The maximum atomic E-state index is 12.2. The predicted molar refractivity (Wildman–Crippen MR) is 86.0 cm³/mol. The Kier molecular flexibility index (Phi) is 7.59. The second-order valence-electron chi connectivity index (χ2n) is 5.37. The van der Waals surface area contributed by atoms with Gasteiger partial charge in [-0.2, -0.15) is 0 Å². The fraction of sp³-hybridized carbons (Fsp3) is 0.438. The van der Waals surface area contributed by atoms with Crippen molar-refractivity contribution >= 4 is 17.9 Å². The minimum Gasteiger partial charge on any atom is -0.481 e. The van der Waals surface area contributed by atoms with Gasteiger partial charge in [-0.3, -0.25) is 9.59 Å². The highest BCUT2D eigenvalue weighted by Crippen LogP contribution is 2.05. The summed E-state index contributed by atoms with van der Waals surface area (Å²) in [5.74, 6) is -1.11. The van der Waals surface area contributed by atoms with Crippen LogP contribution in [0.1, 0.15) is 18.4 Å². The van der Waals surface area contributed by atoms with Gasteiger partial charge >= 0.3 is 12.0 Å². The molecular weight excluding hydrogens is 298 g/mol. The number of nitrogens with one attached hydrogen (secondary N) is 2. The summed E-state index contributed by atoms with van der Waals surface area (Å²) in [5, 5.41) is 13.8. The van der Waals surface area contributed by atoms with Crippen LogP contribution in [0.25, 0.3) is 0 Å². The van der Waals surface area contributed by atoms with Crippen LogP contribution >= 0.6 is 0 Å². The average Bonchev–Trinajstić information content (AvgIpc) is 2.51. The lowest BCUT2D eigenvalue weighted by Gasteiger charge is -2.22. The quantitative estimate of drug-likeness (QED) is 0.618. The summed E-state index contributed by atoms with van der Waals surface area (Å²) in [6, 6.07) is 8.26. The van der Waals surface area contributed by atoms with Crippen molar-refractivity contribution in [2.45, 2.75) is 25.3 Å².